The van der Waals surface area contributed by atoms with Gasteiger partial charge in [0.15, 0.2) is 0 Å². The Morgan fingerprint density at radius 1 is 1.38 bits per heavy atom. The number of morpholine rings is 1. The van der Waals surface area contributed by atoms with Gasteiger partial charge in [0.25, 0.3) is 11.6 Å². The zero-order valence-corrected chi connectivity index (χ0v) is 15.5. The molecule has 2 heterocycles. The fraction of sp³-hybridized carbons (Fsp3) is 0.353. The van der Waals surface area contributed by atoms with Gasteiger partial charge in [0.05, 0.1) is 24.2 Å². The highest BCUT2D eigenvalue weighted by molar-refractivity contribution is 7.10. The fourth-order valence-corrected chi connectivity index (χ4v) is 3.95. The Hall–Kier alpha value is -2.00. The number of ether oxygens (including phenoxy) is 1. The van der Waals surface area contributed by atoms with Crippen LogP contribution in [0, 0.1) is 10.1 Å². The molecule has 0 aliphatic carbocycles. The first-order chi connectivity index (χ1) is 12.6. The summed E-state index contributed by atoms with van der Waals surface area (Å²) < 4.78 is 5.40. The maximum atomic E-state index is 12.6. The first kappa shape index (κ1) is 18.8. The molecule has 0 radical (unpaired) electrons. The van der Waals surface area contributed by atoms with E-state index >= 15 is 0 Å². The van der Waals surface area contributed by atoms with Crippen LogP contribution in [0.2, 0.25) is 5.02 Å². The lowest BCUT2D eigenvalue weighted by molar-refractivity contribution is -0.385. The molecule has 138 valence electrons. The summed E-state index contributed by atoms with van der Waals surface area (Å²) in [4.78, 5) is 26.5. The van der Waals surface area contributed by atoms with Crippen LogP contribution in [0.4, 0.5) is 5.69 Å². The zero-order valence-electron chi connectivity index (χ0n) is 13.9. The topological polar surface area (TPSA) is 84.7 Å². The maximum Gasteiger partial charge on any atom is 0.282 e. The minimum atomic E-state index is -0.579. The van der Waals surface area contributed by atoms with Crippen LogP contribution < -0.4 is 5.32 Å². The molecule has 1 aromatic carbocycles. The van der Waals surface area contributed by atoms with Crippen molar-refractivity contribution < 1.29 is 14.5 Å². The van der Waals surface area contributed by atoms with Crippen molar-refractivity contribution in [2.45, 2.75) is 6.04 Å². The quantitative estimate of drug-likeness (QED) is 0.600. The normalized spacial score (nSPS) is 16.2. The Morgan fingerprint density at radius 3 is 2.81 bits per heavy atom. The Balaban J connectivity index is 1.76. The summed E-state index contributed by atoms with van der Waals surface area (Å²) in [5, 5.41) is 16.3. The van der Waals surface area contributed by atoms with Crippen LogP contribution in [0.15, 0.2) is 35.7 Å². The average molecular weight is 396 g/mol. The number of hydrogen-bond donors (Lipinski definition) is 1. The van der Waals surface area contributed by atoms with E-state index in [1.165, 1.54) is 18.2 Å². The van der Waals surface area contributed by atoms with E-state index < -0.39 is 10.8 Å². The van der Waals surface area contributed by atoms with Gasteiger partial charge in [0.2, 0.25) is 0 Å². The second kappa shape index (κ2) is 8.59. The van der Waals surface area contributed by atoms with Crippen LogP contribution >= 0.6 is 22.9 Å². The molecule has 1 fully saturated rings. The third-order valence-electron chi connectivity index (χ3n) is 4.21. The molecule has 0 bridgehead atoms. The number of hydrogen-bond acceptors (Lipinski definition) is 6. The summed E-state index contributed by atoms with van der Waals surface area (Å²) in [6.45, 7) is 3.19. The number of carbonyl (C=O) groups is 1. The van der Waals surface area contributed by atoms with Crippen molar-refractivity contribution in [2.24, 2.45) is 0 Å². The van der Waals surface area contributed by atoms with Gasteiger partial charge in [-0.2, -0.15) is 0 Å². The first-order valence-electron chi connectivity index (χ1n) is 8.13. The van der Waals surface area contributed by atoms with Gasteiger partial charge in [-0.1, -0.05) is 17.7 Å². The number of thiophene rings is 1. The van der Waals surface area contributed by atoms with Crippen molar-refractivity contribution in [1.29, 1.82) is 0 Å². The first-order valence-corrected chi connectivity index (χ1v) is 9.39. The predicted molar refractivity (Wildman–Crippen MR) is 99.9 cm³/mol. The molecule has 0 spiro atoms. The van der Waals surface area contributed by atoms with Crippen LogP contribution in [-0.2, 0) is 4.74 Å². The van der Waals surface area contributed by atoms with Crippen LogP contribution in [-0.4, -0.2) is 48.6 Å². The lowest BCUT2D eigenvalue weighted by Gasteiger charge is -2.34. The van der Waals surface area contributed by atoms with Crippen LogP contribution in [0.5, 0.6) is 0 Å². The molecule has 0 unspecified atom stereocenters. The molecule has 9 heteroatoms. The van der Waals surface area contributed by atoms with Crippen molar-refractivity contribution in [3.8, 4) is 0 Å². The van der Waals surface area contributed by atoms with Crippen LogP contribution in [0.25, 0.3) is 0 Å². The molecular formula is C17H18ClN3O4S. The monoisotopic (exact) mass is 395 g/mol. The summed E-state index contributed by atoms with van der Waals surface area (Å²) in [6.07, 6.45) is 0. The number of halogens is 1. The summed E-state index contributed by atoms with van der Waals surface area (Å²) in [5.41, 5.74) is -0.291. The van der Waals surface area contributed by atoms with E-state index in [0.29, 0.717) is 19.8 Å². The third kappa shape index (κ3) is 4.39. The molecule has 3 rings (SSSR count). The van der Waals surface area contributed by atoms with Gasteiger partial charge in [-0.15, -0.1) is 11.3 Å². The van der Waals surface area contributed by atoms with Crippen molar-refractivity contribution in [3.63, 3.8) is 0 Å². The molecule has 1 saturated heterocycles. The molecule has 26 heavy (non-hydrogen) atoms. The average Bonchev–Trinajstić information content (AvgIpc) is 3.16. The SMILES string of the molecule is O=C(NC[C@H](c1cccs1)N1CCOCC1)c1cc(Cl)ccc1[N+](=O)[O-]. The number of rotatable bonds is 6. The number of nitro benzene ring substituents is 1. The molecule has 1 amide bonds. The van der Waals surface area contributed by atoms with Crippen molar-refractivity contribution in [1.82, 2.24) is 10.2 Å². The second-order valence-corrected chi connectivity index (χ2v) is 7.22. The Labute approximate surface area is 159 Å². The summed E-state index contributed by atoms with van der Waals surface area (Å²) >= 11 is 7.53. The molecule has 7 nitrogen and oxygen atoms in total. The van der Waals surface area contributed by atoms with E-state index in [1.807, 2.05) is 17.5 Å². The smallest absolute Gasteiger partial charge is 0.282 e. The van der Waals surface area contributed by atoms with Gasteiger partial charge < -0.3 is 10.1 Å². The molecule has 1 aromatic heterocycles. The fourth-order valence-electron chi connectivity index (χ4n) is 2.91. The van der Waals surface area contributed by atoms with Gasteiger partial charge in [-0.05, 0) is 23.6 Å². The lowest BCUT2D eigenvalue weighted by Crippen LogP contribution is -2.43. The summed E-state index contributed by atoms with van der Waals surface area (Å²) in [5.74, 6) is -0.506. The highest BCUT2D eigenvalue weighted by Gasteiger charge is 2.26. The summed E-state index contributed by atoms with van der Waals surface area (Å²) in [6, 6.07) is 7.97. The molecule has 1 atom stereocenters. The predicted octanol–water partition coefficient (Wildman–Crippen LogP) is 3.11. The maximum absolute atomic E-state index is 12.6. The van der Waals surface area contributed by atoms with Gasteiger partial charge in [0, 0.05) is 35.6 Å². The Morgan fingerprint density at radius 2 is 2.15 bits per heavy atom. The van der Waals surface area contributed by atoms with E-state index in [2.05, 4.69) is 10.2 Å². The van der Waals surface area contributed by atoms with Gasteiger partial charge in [-0.3, -0.25) is 19.8 Å². The number of amides is 1. The second-order valence-electron chi connectivity index (χ2n) is 5.81. The van der Waals surface area contributed by atoms with Crippen molar-refractivity contribution >= 4 is 34.5 Å². The van der Waals surface area contributed by atoms with E-state index in [4.69, 9.17) is 16.3 Å². The molecule has 1 aliphatic rings. The molecule has 1 N–H and O–H groups in total. The van der Waals surface area contributed by atoms with Crippen LogP contribution in [0.3, 0.4) is 0 Å². The Kier molecular flexibility index (Phi) is 6.20. The van der Waals surface area contributed by atoms with Gasteiger partial charge >= 0.3 is 0 Å². The number of nitrogens with zero attached hydrogens (tertiary/aromatic N) is 2. The summed E-state index contributed by atoms with van der Waals surface area (Å²) in [7, 11) is 0. The van der Waals surface area contributed by atoms with Crippen LogP contribution in [0.1, 0.15) is 21.3 Å². The van der Waals surface area contributed by atoms with E-state index in [9.17, 15) is 14.9 Å². The highest BCUT2D eigenvalue weighted by Crippen LogP contribution is 2.26. The van der Waals surface area contributed by atoms with E-state index in [-0.39, 0.29) is 22.3 Å². The Bertz CT molecular complexity index is 778. The van der Waals surface area contributed by atoms with Gasteiger partial charge in [0.1, 0.15) is 5.56 Å². The minimum Gasteiger partial charge on any atom is -0.379 e. The van der Waals surface area contributed by atoms with Crippen molar-refractivity contribution in [2.75, 3.05) is 32.8 Å². The molecule has 0 saturated carbocycles. The highest BCUT2D eigenvalue weighted by atomic mass is 35.5. The molecule has 2 aromatic rings. The largest absolute Gasteiger partial charge is 0.379 e. The third-order valence-corrected chi connectivity index (χ3v) is 5.42. The number of benzene rings is 1. The number of nitrogens with one attached hydrogen (secondary N) is 1. The van der Waals surface area contributed by atoms with Gasteiger partial charge in [-0.25, -0.2) is 0 Å². The minimum absolute atomic E-state index is 0.00101. The number of nitro groups is 1. The van der Waals surface area contributed by atoms with E-state index in [0.717, 1.165) is 18.0 Å². The number of carbonyl (C=O) groups excluding carboxylic acids is 1. The molecule has 1 aliphatic heterocycles. The van der Waals surface area contributed by atoms with Crippen molar-refractivity contribution in [3.05, 3.63) is 61.3 Å². The van der Waals surface area contributed by atoms with E-state index in [1.54, 1.807) is 11.3 Å². The lowest BCUT2D eigenvalue weighted by atomic mass is 10.1. The zero-order chi connectivity index (χ0) is 18.5. The molecular weight excluding hydrogens is 378 g/mol. The standard InChI is InChI=1S/C17H18ClN3O4S/c18-12-3-4-14(21(23)24)13(10-12)17(22)19-11-15(16-2-1-9-26-16)20-5-7-25-8-6-20/h1-4,9-10,15H,5-8,11H2,(H,19,22)/t15-/m1/s1.